The number of amides is 1. The summed E-state index contributed by atoms with van der Waals surface area (Å²) in [4.78, 5) is 36.7. The number of aromatic nitrogens is 3. The number of imidazole rings is 1. The third-order valence-corrected chi connectivity index (χ3v) is 6.25. The Morgan fingerprint density at radius 1 is 1.06 bits per heavy atom. The summed E-state index contributed by atoms with van der Waals surface area (Å²) in [7, 11) is 0. The van der Waals surface area contributed by atoms with E-state index in [1.54, 1.807) is 17.6 Å². The minimum Gasteiger partial charge on any atom is -0.368 e. The normalized spacial score (nSPS) is 14.1. The minimum absolute atomic E-state index is 0.0352. The van der Waals surface area contributed by atoms with Gasteiger partial charge < -0.3 is 14.4 Å². The second-order valence-corrected chi connectivity index (χ2v) is 8.24. The molecule has 0 bridgehead atoms. The first kappa shape index (κ1) is 20.1. The highest BCUT2D eigenvalue weighted by atomic mass is 32.1. The lowest BCUT2D eigenvalue weighted by Crippen LogP contribution is -2.49. The highest BCUT2D eigenvalue weighted by Gasteiger charge is 2.24. The van der Waals surface area contributed by atoms with E-state index >= 15 is 0 Å². The van der Waals surface area contributed by atoms with Crippen LogP contribution < -0.4 is 4.90 Å². The molecule has 4 aromatic rings. The van der Waals surface area contributed by atoms with Crippen LogP contribution in [0.25, 0.3) is 22.6 Å². The molecule has 1 aliphatic rings. The topological polar surface area (TPSA) is 97.4 Å². The Balaban J connectivity index is 1.30. The fourth-order valence-corrected chi connectivity index (χ4v) is 4.52. The molecular weight excluding hydrogens is 428 g/mol. The molecule has 9 nitrogen and oxygen atoms in total. The number of nitro benzene ring substituents is 1. The number of piperazine rings is 1. The highest BCUT2D eigenvalue weighted by molar-refractivity contribution is 7.07. The number of benzene rings is 2. The average molecular weight is 449 g/mol. The Kier molecular flexibility index (Phi) is 5.28. The number of fused-ring (bicyclic) bond motifs is 1. The molecule has 10 heteroatoms. The zero-order valence-electron chi connectivity index (χ0n) is 17.1. The third-order valence-electron chi connectivity index (χ3n) is 5.67. The van der Waals surface area contributed by atoms with Crippen molar-refractivity contribution in [3.05, 3.63) is 69.5 Å². The molecule has 0 N–H and O–H groups in total. The third kappa shape index (κ3) is 3.80. The zero-order valence-corrected chi connectivity index (χ0v) is 17.9. The lowest BCUT2D eigenvalue weighted by Gasteiger charge is -2.36. The molecule has 0 unspecified atom stereocenters. The molecule has 0 atom stereocenters. The van der Waals surface area contributed by atoms with Gasteiger partial charge in [-0.3, -0.25) is 14.9 Å². The molecule has 3 heterocycles. The van der Waals surface area contributed by atoms with Crippen LogP contribution in [-0.4, -0.2) is 56.4 Å². The van der Waals surface area contributed by atoms with Crippen LogP contribution in [0.15, 0.2) is 59.4 Å². The Morgan fingerprint density at radius 2 is 1.81 bits per heavy atom. The maximum atomic E-state index is 13.2. The number of anilines is 1. The SMILES string of the molecule is O=C(Cn1c(-c2cscn2)nc2ccccc21)N1CCN(c2ccc([N+](=O)[O-])cc2)CC1. The van der Waals surface area contributed by atoms with Gasteiger partial charge in [0.15, 0.2) is 5.82 Å². The molecule has 1 fully saturated rings. The van der Waals surface area contributed by atoms with E-state index in [0.717, 1.165) is 22.4 Å². The summed E-state index contributed by atoms with van der Waals surface area (Å²) < 4.78 is 1.94. The van der Waals surface area contributed by atoms with Crippen LogP contribution in [0.2, 0.25) is 0 Å². The van der Waals surface area contributed by atoms with Crippen LogP contribution in [-0.2, 0) is 11.3 Å². The van der Waals surface area contributed by atoms with E-state index < -0.39 is 4.92 Å². The summed E-state index contributed by atoms with van der Waals surface area (Å²) in [6.07, 6.45) is 0. The van der Waals surface area contributed by atoms with Crippen molar-refractivity contribution in [2.24, 2.45) is 0 Å². The van der Waals surface area contributed by atoms with Gasteiger partial charge in [0.25, 0.3) is 5.69 Å². The second-order valence-electron chi connectivity index (χ2n) is 7.53. The lowest BCUT2D eigenvalue weighted by atomic mass is 10.2. The van der Waals surface area contributed by atoms with Crippen LogP contribution in [0.5, 0.6) is 0 Å². The van der Waals surface area contributed by atoms with E-state index in [-0.39, 0.29) is 18.1 Å². The molecule has 2 aromatic carbocycles. The first-order valence-corrected chi connectivity index (χ1v) is 11.2. The van der Waals surface area contributed by atoms with Crippen LogP contribution >= 0.6 is 11.3 Å². The van der Waals surface area contributed by atoms with Crippen molar-refractivity contribution < 1.29 is 9.72 Å². The first-order valence-electron chi connectivity index (χ1n) is 10.2. The van der Waals surface area contributed by atoms with Crippen LogP contribution in [0, 0.1) is 10.1 Å². The number of thiazole rings is 1. The van der Waals surface area contributed by atoms with Crippen molar-refractivity contribution in [3.63, 3.8) is 0 Å². The van der Waals surface area contributed by atoms with E-state index in [4.69, 9.17) is 4.98 Å². The van der Waals surface area contributed by atoms with E-state index in [0.29, 0.717) is 32.0 Å². The highest BCUT2D eigenvalue weighted by Crippen LogP contribution is 2.25. The molecule has 32 heavy (non-hydrogen) atoms. The fourth-order valence-electron chi connectivity index (χ4n) is 3.99. The first-order chi connectivity index (χ1) is 15.6. The molecule has 0 aliphatic carbocycles. The molecule has 5 rings (SSSR count). The van der Waals surface area contributed by atoms with Crippen LogP contribution in [0.4, 0.5) is 11.4 Å². The Bertz CT molecular complexity index is 1260. The van der Waals surface area contributed by atoms with Crippen molar-refractivity contribution >= 4 is 39.7 Å². The number of rotatable bonds is 5. The van der Waals surface area contributed by atoms with E-state index in [1.165, 1.54) is 23.5 Å². The van der Waals surface area contributed by atoms with Gasteiger partial charge in [0, 0.05) is 49.4 Å². The van der Waals surface area contributed by atoms with E-state index in [2.05, 4.69) is 9.88 Å². The summed E-state index contributed by atoms with van der Waals surface area (Å²) in [5, 5.41) is 12.8. The maximum absolute atomic E-state index is 13.2. The van der Waals surface area contributed by atoms with Gasteiger partial charge in [0.05, 0.1) is 21.5 Å². The van der Waals surface area contributed by atoms with Gasteiger partial charge in [-0.25, -0.2) is 9.97 Å². The number of hydrogen-bond acceptors (Lipinski definition) is 7. The number of nitrogens with zero attached hydrogens (tertiary/aromatic N) is 6. The van der Waals surface area contributed by atoms with Crippen molar-refractivity contribution in [3.8, 4) is 11.5 Å². The van der Waals surface area contributed by atoms with Gasteiger partial charge in [-0.05, 0) is 24.3 Å². The smallest absolute Gasteiger partial charge is 0.269 e. The summed E-state index contributed by atoms with van der Waals surface area (Å²) in [6.45, 7) is 2.73. The summed E-state index contributed by atoms with van der Waals surface area (Å²) >= 11 is 1.50. The van der Waals surface area contributed by atoms with Crippen molar-refractivity contribution in [2.75, 3.05) is 31.1 Å². The van der Waals surface area contributed by atoms with Crippen molar-refractivity contribution in [2.45, 2.75) is 6.54 Å². The number of non-ortho nitro benzene ring substituents is 1. The minimum atomic E-state index is -0.403. The second kappa shape index (κ2) is 8.39. The Hall–Kier alpha value is -3.79. The quantitative estimate of drug-likeness (QED) is 0.343. The Morgan fingerprint density at radius 3 is 2.50 bits per heavy atom. The predicted octanol–water partition coefficient (Wildman–Crippen LogP) is 3.42. The van der Waals surface area contributed by atoms with E-state index in [9.17, 15) is 14.9 Å². The molecule has 2 aromatic heterocycles. The fraction of sp³-hybridized carbons (Fsp3) is 0.227. The molecule has 0 radical (unpaired) electrons. The van der Waals surface area contributed by atoms with Crippen LogP contribution in [0.3, 0.4) is 0 Å². The van der Waals surface area contributed by atoms with E-state index in [1.807, 2.05) is 39.1 Å². The number of nitro groups is 1. The monoisotopic (exact) mass is 448 g/mol. The maximum Gasteiger partial charge on any atom is 0.269 e. The molecule has 1 amide bonds. The predicted molar refractivity (Wildman–Crippen MR) is 123 cm³/mol. The zero-order chi connectivity index (χ0) is 22.1. The molecule has 0 spiro atoms. The molecule has 1 aliphatic heterocycles. The van der Waals surface area contributed by atoms with Gasteiger partial charge in [-0.1, -0.05) is 12.1 Å². The van der Waals surface area contributed by atoms with Crippen molar-refractivity contribution in [1.29, 1.82) is 0 Å². The summed E-state index contributed by atoms with van der Waals surface area (Å²) in [5.74, 6) is 0.735. The number of hydrogen-bond donors (Lipinski definition) is 0. The molecule has 0 saturated carbocycles. The van der Waals surface area contributed by atoms with Crippen LogP contribution in [0.1, 0.15) is 0 Å². The van der Waals surface area contributed by atoms with Crippen molar-refractivity contribution in [1.82, 2.24) is 19.4 Å². The lowest BCUT2D eigenvalue weighted by molar-refractivity contribution is -0.384. The van der Waals surface area contributed by atoms with Gasteiger partial charge in [0.2, 0.25) is 5.91 Å². The van der Waals surface area contributed by atoms with Gasteiger partial charge >= 0.3 is 0 Å². The average Bonchev–Trinajstić information content (AvgIpc) is 3.48. The number of carbonyl (C=O) groups excluding carboxylic acids is 1. The summed E-state index contributed by atoms with van der Waals surface area (Å²) in [6, 6.07) is 14.3. The van der Waals surface area contributed by atoms with Gasteiger partial charge in [-0.2, -0.15) is 0 Å². The standard InChI is InChI=1S/C22H20N6O3S/c29-21(26-11-9-25(10-12-26)16-5-7-17(8-6-16)28(30)31)13-27-20-4-2-1-3-18(20)24-22(27)19-14-32-15-23-19/h1-8,14-15H,9-13H2. The number of carbonyl (C=O) groups is 1. The number of para-hydroxylation sites is 2. The molecule has 162 valence electrons. The summed E-state index contributed by atoms with van der Waals surface area (Å²) in [5.41, 5.74) is 5.28. The van der Waals surface area contributed by atoms with Gasteiger partial charge in [-0.15, -0.1) is 11.3 Å². The van der Waals surface area contributed by atoms with Gasteiger partial charge in [0.1, 0.15) is 12.2 Å². The Labute approximate surface area is 187 Å². The largest absolute Gasteiger partial charge is 0.368 e. The molecular formula is C22H20N6O3S. The molecule has 1 saturated heterocycles.